The predicted molar refractivity (Wildman–Crippen MR) is 165 cm³/mol. The smallest absolute Gasteiger partial charge is 0.321 e. The van der Waals surface area contributed by atoms with Crippen LogP contribution in [0.5, 0.6) is 0 Å². The molecule has 12 heteroatoms. The van der Waals surface area contributed by atoms with E-state index < -0.39 is 35.5 Å². The minimum atomic E-state index is -0.972. The highest BCUT2D eigenvalue weighted by Crippen LogP contribution is 2.40. The van der Waals surface area contributed by atoms with Crippen LogP contribution in [-0.4, -0.2) is 42.0 Å². The number of hydrogen-bond acceptors (Lipinski definition) is 7. The summed E-state index contributed by atoms with van der Waals surface area (Å²) in [5.41, 5.74) is 1.07. The molecule has 6 nitrogen and oxygen atoms in total. The first kappa shape index (κ1) is 35.3. The lowest BCUT2D eigenvalue weighted by atomic mass is 10.0. The third-order valence-electron chi connectivity index (χ3n) is 5.66. The minimum absolute atomic E-state index is 0.0431. The Bertz CT molecular complexity index is 1330. The van der Waals surface area contributed by atoms with Gasteiger partial charge in [0.25, 0.3) is 6.47 Å². The van der Waals surface area contributed by atoms with Gasteiger partial charge in [-0.05, 0) is 106 Å². The molecule has 0 spiro atoms. The number of ether oxygens (including phenoxy) is 1. The number of thioether (sulfide) groups is 1. The van der Waals surface area contributed by atoms with Crippen LogP contribution in [0.4, 0.5) is 18.9 Å². The van der Waals surface area contributed by atoms with Gasteiger partial charge in [0.15, 0.2) is 0 Å². The predicted octanol–water partition coefficient (Wildman–Crippen LogP) is 7.90. The van der Waals surface area contributed by atoms with E-state index in [1.165, 1.54) is 35.8 Å². The molecule has 228 valence electrons. The normalized spacial score (nSPS) is 12.5. The highest BCUT2D eigenvalue weighted by atomic mass is 35.5. The lowest BCUT2D eigenvalue weighted by molar-refractivity contribution is -0.139. The number of aliphatic carboxylic acids is 1. The zero-order valence-corrected chi connectivity index (χ0v) is 26.3. The zero-order chi connectivity index (χ0) is 31.4. The SMILES string of the molecule is CC(C)(C)OC=O.CNC(CSCc1cc(F)ccc1C(C)N(Sc1ccc(Cl)cc1)c1cc(F)ccc1F)C(=O)O. The molecule has 0 radical (unpaired) electrons. The summed E-state index contributed by atoms with van der Waals surface area (Å²) in [4.78, 5) is 21.6. The van der Waals surface area contributed by atoms with E-state index in [4.69, 9.17) is 11.6 Å². The van der Waals surface area contributed by atoms with E-state index in [2.05, 4.69) is 10.1 Å². The largest absolute Gasteiger partial charge is 0.480 e. The van der Waals surface area contributed by atoms with Gasteiger partial charge in [-0.1, -0.05) is 17.7 Å². The number of rotatable bonds is 12. The fraction of sp³-hybridized carbons (Fsp3) is 0.333. The molecule has 0 saturated heterocycles. The van der Waals surface area contributed by atoms with Gasteiger partial charge < -0.3 is 19.5 Å². The monoisotopic (exact) mass is 642 g/mol. The van der Waals surface area contributed by atoms with Gasteiger partial charge in [-0.3, -0.25) is 9.59 Å². The van der Waals surface area contributed by atoms with Crippen LogP contribution in [0, 0.1) is 17.5 Å². The number of nitrogens with zero attached hydrogens (tertiary/aromatic N) is 1. The van der Waals surface area contributed by atoms with Crippen LogP contribution in [0.1, 0.15) is 44.9 Å². The molecule has 3 aromatic rings. The minimum Gasteiger partial charge on any atom is -0.480 e. The molecule has 0 aliphatic carbocycles. The van der Waals surface area contributed by atoms with Crippen LogP contribution in [0.3, 0.4) is 0 Å². The van der Waals surface area contributed by atoms with Crippen molar-refractivity contribution in [1.29, 1.82) is 0 Å². The van der Waals surface area contributed by atoms with E-state index in [0.717, 1.165) is 23.1 Å². The third-order valence-corrected chi connectivity index (χ3v) is 8.19. The van der Waals surface area contributed by atoms with Crippen LogP contribution in [-0.2, 0) is 20.1 Å². The number of carbonyl (C=O) groups excluding carboxylic acids is 1. The van der Waals surface area contributed by atoms with Gasteiger partial charge in [0.2, 0.25) is 0 Å². The van der Waals surface area contributed by atoms with Crippen LogP contribution in [0.2, 0.25) is 5.02 Å². The first-order valence-electron chi connectivity index (χ1n) is 12.8. The maximum atomic E-state index is 14.9. The molecule has 0 aliphatic rings. The topological polar surface area (TPSA) is 78.9 Å². The molecule has 0 amide bonds. The van der Waals surface area contributed by atoms with Crippen LogP contribution in [0.25, 0.3) is 0 Å². The molecule has 0 bridgehead atoms. The Balaban J connectivity index is 0.000000782. The summed E-state index contributed by atoms with van der Waals surface area (Å²) in [5, 5.41) is 12.5. The van der Waals surface area contributed by atoms with E-state index in [1.807, 2.05) is 27.7 Å². The van der Waals surface area contributed by atoms with Crippen molar-refractivity contribution >= 4 is 53.4 Å². The molecule has 0 fully saturated rings. The molecule has 2 unspecified atom stereocenters. The molecule has 3 rings (SSSR count). The fourth-order valence-electron chi connectivity index (χ4n) is 3.54. The number of hydrogen-bond donors (Lipinski definition) is 2. The number of carbonyl (C=O) groups is 2. The Hall–Kier alpha value is -2.86. The van der Waals surface area contributed by atoms with Crippen molar-refractivity contribution in [1.82, 2.24) is 5.32 Å². The lowest BCUT2D eigenvalue weighted by Gasteiger charge is -2.32. The van der Waals surface area contributed by atoms with Gasteiger partial charge in [0, 0.05) is 27.5 Å². The molecule has 0 aromatic heterocycles. The van der Waals surface area contributed by atoms with Crippen LogP contribution in [0.15, 0.2) is 65.6 Å². The Kier molecular flexibility index (Phi) is 14.0. The van der Waals surface area contributed by atoms with Crippen LogP contribution >= 0.6 is 35.3 Å². The van der Waals surface area contributed by atoms with Gasteiger partial charge >= 0.3 is 5.97 Å². The number of likely N-dealkylation sites (N-methyl/N-ethyl adjacent to an activating group) is 1. The van der Waals surface area contributed by atoms with Gasteiger partial charge in [-0.25, -0.2) is 13.2 Å². The maximum Gasteiger partial charge on any atom is 0.321 e. The van der Waals surface area contributed by atoms with Crippen LogP contribution < -0.4 is 9.62 Å². The van der Waals surface area contributed by atoms with Gasteiger partial charge in [-0.2, -0.15) is 11.8 Å². The summed E-state index contributed by atoms with van der Waals surface area (Å²) in [6.07, 6.45) is 0. The number of carboxylic acid groups (broad SMARTS) is 1. The summed E-state index contributed by atoms with van der Waals surface area (Å²) in [7, 11) is 1.56. The Morgan fingerprint density at radius 1 is 1.07 bits per heavy atom. The summed E-state index contributed by atoms with van der Waals surface area (Å²) >= 11 is 8.54. The second-order valence-corrected chi connectivity index (χ2v) is 12.5. The summed E-state index contributed by atoms with van der Waals surface area (Å²) < 4.78 is 49.3. The third kappa shape index (κ3) is 11.4. The van der Waals surface area contributed by atoms with Gasteiger partial charge in [0.05, 0.1) is 11.7 Å². The highest BCUT2D eigenvalue weighted by Gasteiger charge is 2.25. The van der Waals surface area contributed by atoms with Crippen molar-refractivity contribution in [2.24, 2.45) is 0 Å². The van der Waals surface area contributed by atoms with E-state index in [1.54, 1.807) is 41.7 Å². The van der Waals surface area contributed by atoms with Gasteiger partial charge in [0.1, 0.15) is 29.1 Å². The first-order valence-corrected chi connectivity index (χ1v) is 15.1. The highest BCUT2D eigenvalue weighted by molar-refractivity contribution is 8.00. The second-order valence-electron chi connectivity index (χ2n) is 10.0. The number of nitrogens with one attached hydrogen (secondary N) is 1. The van der Waals surface area contributed by atoms with E-state index in [0.29, 0.717) is 28.4 Å². The number of carboxylic acids is 1. The molecule has 2 N–H and O–H groups in total. The van der Waals surface area contributed by atoms with Crippen molar-refractivity contribution < 1.29 is 32.6 Å². The van der Waals surface area contributed by atoms with E-state index in [9.17, 15) is 27.9 Å². The lowest BCUT2D eigenvalue weighted by Crippen LogP contribution is -2.36. The van der Waals surface area contributed by atoms with Crippen molar-refractivity contribution in [2.75, 3.05) is 17.1 Å². The number of anilines is 1. The molecule has 0 aliphatic heterocycles. The molecule has 42 heavy (non-hydrogen) atoms. The molecule has 2 atom stereocenters. The summed E-state index contributed by atoms with van der Waals surface area (Å²) in [5.74, 6) is -1.98. The maximum absolute atomic E-state index is 14.9. The molecule has 0 saturated carbocycles. The number of halogens is 4. The van der Waals surface area contributed by atoms with Crippen molar-refractivity contribution in [3.05, 3.63) is 94.3 Å². The summed E-state index contributed by atoms with van der Waals surface area (Å²) in [6, 6.07) is 13.3. The average Bonchev–Trinajstić information content (AvgIpc) is 2.91. The average molecular weight is 643 g/mol. The molecular weight excluding hydrogens is 609 g/mol. The fourth-order valence-corrected chi connectivity index (χ4v) is 5.80. The van der Waals surface area contributed by atoms with Crippen molar-refractivity contribution in [3.63, 3.8) is 0 Å². The quantitative estimate of drug-likeness (QED) is 0.153. The Morgan fingerprint density at radius 2 is 1.69 bits per heavy atom. The van der Waals surface area contributed by atoms with Crippen molar-refractivity contribution in [3.8, 4) is 0 Å². The Labute approximate surface area is 258 Å². The summed E-state index contributed by atoms with van der Waals surface area (Å²) in [6.45, 7) is 7.74. The second kappa shape index (κ2) is 16.7. The molecule has 3 aromatic carbocycles. The number of benzene rings is 3. The van der Waals surface area contributed by atoms with E-state index >= 15 is 0 Å². The standard InChI is InChI=1S/C25H24ClF3N2O2S2.C5H10O2/c1-15(21-9-5-18(27)11-16(21)13-34-14-23(30-2)25(32)33)31(24-12-19(28)6-10-22(24)29)35-20-7-3-17(26)4-8-20;1-5(2,3)7-4-6/h3-12,15,23,30H,13-14H2,1-2H3,(H,32,33);4H,1-3H3. The first-order chi connectivity index (χ1) is 19.7. The molecule has 0 heterocycles. The van der Waals surface area contributed by atoms with E-state index in [-0.39, 0.29) is 17.0 Å². The van der Waals surface area contributed by atoms with Gasteiger partial charge in [-0.15, -0.1) is 0 Å². The zero-order valence-electron chi connectivity index (χ0n) is 23.9. The molecular formula is C30H34ClF3N2O4S2. The Morgan fingerprint density at radius 3 is 2.24 bits per heavy atom. The van der Waals surface area contributed by atoms with Crippen molar-refractivity contribution in [2.45, 2.75) is 56.0 Å².